The summed E-state index contributed by atoms with van der Waals surface area (Å²) in [5.74, 6) is 0.294. The standard InChI is InChI=1S/C18H25NO3/c1-12(2)10-19(11-13(3)4)17(20)16-9-14-7-5-6-8-15(14)18(21)22-16/h5-8,12-13,16H,9-11H2,1-4H3. The molecule has 1 aliphatic heterocycles. The number of cyclic esters (lactones) is 1. The number of rotatable bonds is 5. The lowest BCUT2D eigenvalue weighted by atomic mass is 9.97. The summed E-state index contributed by atoms with van der Waals surface area (Å²) in [5.41, 5.74) is 1.47. The third-order valence-corrected chi connectivity index (χ3v) is 3.65. The first kappa shape index (κ1) is 16.5. The van der Waals surface area contributed by atoms with E-state index in [4.69, 9.17) is 4.74 Å². The topological polar surface area (TPSA) is 46.6 Å². The van der Waals surface area contributed by atoms with Crippen molar-refractivity contribution in [2.75, 3.05) is 13.1 Å². The third kappa shape index (κ3) is 3.87. The van der Waals surface area contributed by atoms with Gasteiger partial charge in [-0.2, -0.15) is 0 Å². The number of benzene rings is 1. The molecule has 0 saturated heterocycles. The van der Waals surface area contributed by atoms with E-state index in [0.717, 1.165) is 5.56 Å². The Hall–Kier alpha value is -1.84. The molecule has 1 aromatic rings. The van der Waals surface area contributed by atoms with E-state index in [1.807, 2.05) is 23.1 Å². The Morgan fingerprint density at radius 1 is 1.18 bits per heavy atom. The quantitative estimate of drug-likeness (QED) is 0.786. The van der Waals surface area contributed by atoms with Crippen molar-refractivity contribution < 1.29 is 14.3 Å². The van der Waals surface area contributed by atoms with E-state index >= 15 is 0 Å². The van der Waals surface area contributed by atoms with Crippen molar-refractivity contribution in [1.29, 1.82) is 0 Å². The van der Waals surface area contributed by atoms with Gasteiger partial charge in [-0.05, 0) is 23.5 Å². The minimum atomic E-state index is -0.695. The van der Waals surface area contributed by atoms with Crippen LogP contribution in [0.15, 0.2) is 24.3 Å². The van der Waals surface area contributed by atoms with E-state index in [1.54, 1.807) is 6.07 Å². The number of ether oxygens (including phenoxy) is 1. The maximum Gasteiger partial charge on any atom is 0.339 e. The summed E-state index contributed by atoms with van der Waals surface area (Å²) >= 11 is 0. The summed E-state index contributed by atoms with van der Waals surface area (Å²) in [6.07, 6.45) is -0.229. The maximum atomic E-state index is 12.8. The van der Waals surface area contributed by atoms with Gasteiger partial charge in [0.25, 0.3) is 5.91 Å². The summed E-state index contributed by atoms with van der Waals surface area (Å²) in [7, 11) is 0. The molecule has 0 radical (unpaired) electrons. The second kappa shape index (κ2) is 6.95. The average Bonchev–Trinajstić information content (AvgIpc) is 2.44. The smallest absolute Gasteiger partial charge is 0.339 e. The van der Waals surface area contributed by atoms with Crippen molar-refractivity contribution in [3.05, 3.63) is 35.4 Å². The summed E-state index contributed by atoms with van der Waals surface area (Å²) in [6, 6.07) is 7.34. The second-order valence-corrected chi connectivity index (χ2v) is 6.79. The molecule has 0 aliphatic carbocycles. The van der Waals surface area contributed by atoms with Crippen LogP contribution in [0.25, 0.3) is 0 Å². The van der Waals surface area contributed by atoms with E-state index < -0.39 is 12.1 Å². The van der Waals surface area contributed by atoms with Gasteiger partial charge in [-0.1, -0.05) is 45.9 Å². The van der Waals surface area contributed by atoms with Crippen molar-refractivity contribution in [3.8, 4) is 0 Å². The first-order valence-corrected chi connectivity index (χ1v) is 7.96. The molecule has 1 heterocycles. The molecule has 1 aromatic carbocycles. The van der Waals surface area contributed by atoms with Crippen LogP contribution in [0.5, 0.6) is 0 Å². The fourth-order valence-electron chi connectivity index (χ4n) is 2.81. The zero-order chi connectivity index (χ0) is 16.3. The fraction of sp³-hybridized carbons (Fsp3) is 0.556. The van der Waals surface area contributed by atoms with Crippen LogP contribution in [0.3, 0.4) is 0 Å². The predicted molar refractivity (Wildman–Crippen MR) is 85.6 cm³/mol. The normalized spacial score (nSPS) is 17.4. The van der Waals surface area contributed by atoms with Gasteiger partial charge in [0.2, 0.25) is 0 Å². The van der Waals surface area contributed by atoms with Crippen LogP contribution in [0, 0.1) is 11.8 Å². The lowest BCUT2D eigenvalue weighted by Gasteiger charge is -2.32. The highest BCUT2D eigenvalue weighted by Crippen LogP contribution is 2.22. The van der Waals surface area contributed by atoms with E-state index in [9.17, 15) is 9.59 Å². The molecule has 1 amide bonds. The Kier molecular flexibility index (Phi) is 5.22. The molecule has 0 N–H and O–H groups in total. The highest BCUT2D eigenvalue weighted by Gasteiger charge is 2.34. The van der Waals surface area contributed by atoms with Gasteiger partial charge in [0.1, 0.15) is 0 Å². The maximum absolute atomic E-state index is 12.8. The monoisotopic (exact) mass is 303 g/mol. The number of carbonyl (C=O) groups is 2. The first-order valence-electron chi connectivity index (χ1n) is 7.96. The molecule has 1 aliphatic rings. The van der Waals surface area contributed by atoms with Crippen LogP contribution in [0.4, 0.5) is 0 Å². The lowest BCUT2D eigenvalue weighted by Crippen LogP contribution is -2.47. The lowest BCUT2D eigenvalue weighted by molar-refractivity contribution is -0.142. The molecule has 120 valence electrons. The van der Waals surface area contributed by atoms with Gasteiger partial charge >= 0.3 is 5.97 Å². The molecule has 0 saturated carbocycles. The van der Waals surface area contributed by atoms with Gasteiger partial charge < -0.3 is 9.64 Å². The molecular weight excluding hydrogens is 278 g/mol. The largest absolute Gasteiger partial charge is 0.448 e. The van der Waals surface area contributed by atoms with Gasteiger partial charge in [-0.25, -0.2) is 4.79 Å². The molecule has 0 fully saturated rings. The zero-order valence-corrected chi connectivity index (χ0v) is 13.8. The van der Waals surface area contributed by atoms with Crippen molar-refractivity contribution in [1.82, 2.24) is 4.90 Å². The van der Waals surface area contributed by atoms with Crippen LogP contribution in [-0.2, 0) is 16.0 Å². The van der Waals surface area contributed by atoms with Gasteiger partial charge in [-0.3, -0.25) is 4.79 Å². The zero-order valence-electron chi connectivity index (χ0n) is 13.8. The van der Waals surface area contributed by atoms with Crippen molar-refractivity contribution in [2.24, 2.45) is 11.8 Å². The number of carbonyl (C=O) groups excluding carboxylic acids is 2. The third-order valence-electron chi connectivity index (χ3n) is 3.65. The highest BCUT2D eigenvalue weighted by molar-refractivity contribution is 5.95. The number of amides is 1. The van der Waals surface area contributed by atoms with Crippen molar-refractivity contribution in [2.45, 2.75) is 40.2 Å². The van der Waals surface area contributed by atoms with Gasteiger partial charge in [0, 0.05) is 19.5 Å². The number of fused-ring (bicyclic) bond motifs is 1. The summed E-state index contributed by atoms with van der Waals surface area (Å²) in [6.45, 7) is 9.72. The Bertz CT molecular complexity index is 541. The van der Waals surface area contributed by atoms with E-state index in [-0.39, 0.29) is 5.91 Å². The van der Waals surface area contributed by atoms with E-state index in [1.165, 1.54) is 0 Å². The van der Waals surface area contributed by atoms with Crippen LogP contribution in [0.2, 0.25) is 0 Å². The molecule has 1 unspecified atom stereocenters. The fourth-order valence-corrected chi connectivity index (χ4v) is 2.81. The number of nitrogens with zero attached hydrogens (tertiary/aromatic N) is 1. The van der Waals surface area contributed by atoms with Gasteiger partial charge in [0.05, 0.1) is 5.56 Å². The Morgan fingerprint density at radius 3 is 2.36 bits per heavy atom. The Labute approximate surface area is 132 Å². The first-order chi connectivity index (χ1) is 10.4. The molecule has 0 bridgehead atoms. The van der Waals surface area contributed by atoms with Crippen LogP contribution < -0.4 is 0 Å². The number of esters is 1. The Balaban J connectivity index is 2.16. The highest BCUT2D eigenvalue weighted by atomic mass is 16.5. The number of hydrogen-bond donors (Lipinski definition) is 0. The molecule has 4 heteroatoms. The summed E-state index contributed by atoms with van der Waals surface area (Å²) in [5, 5.41) is 0. The SMILES string of the molecule is CC(C)CN(CC(C)C)C(=O)C1Cc2ccccc2C(=O)O1. The van der Waals surface area contributed by atoms with Crippen molar-refractivity contribution >= 4 is 11.9 Å². The van der Waals surface area contributed by atoms with Gasteiger partial charge in [-0.15, -0.1) is 0 Å². The average molecular weight is 303 g/mol. The minimum absolute atomic E-state index is 0.0785. The molecule has 22 heavy (non-hydrogen) atoms. The van der Waals surface area contributed by atoms with Crippen LogP contribution in [-0.4, -0.2) is 36.0 Å². The second-order valence-electron chi connectivity index (χ2n) is 6.79. The summed E-state index contributed by atoms with van der Waals surface area (Å²) < 4.78 is 5.39. The molecule has 2 rings (SSSR count). The number of hydrogen-bond acceptors (Lipinski definition) is 3. The van der Waals surface area contributed by atoms with E-state index in [2.05, 4.69) is 27.7 Å². The van der Waals surface area contributed by atoms with E-state index in [0.29, 0.717) is 36.9 Å². The van der Waals surface area contributed by atoms with Crippen LogP contribution in [0.1, 0.15) is 43.6 Å². The van der Waals surface area contributed by atoms with Crippen LogP contribution >= 0.6 is 0 Å². The molecule has 4 nitrogen and oxygen atoms in total. The predicted octanol–water partition coefficient (Wildman–Crippen LogP) is 2.91. The molecule has 1 atom stereocenters. The molecule has 0 aromatic heterocycles. The summed E-state index contributed by atoms with van der Waals surface area (Å²) in [4.78, 5) is 26.7. The van der Waals surface area contributed by atoms with Crippen molar-refractivity contribution in [3.63, 3.8) is 0 Å². The Morgan fingerprint density at radius 2 is 1.77 bits per heavy atom. The molecule has 0 spiro atoms. The molecular formula is C18H25NO3. The van der Waals surface area contributed by atoms with Gasteiger partial charge in [0.15, 0.2) is 6.10 Å². The minimum Gasteiger partial charge on any atom is -0.448 e.